The Morgan fingerprint density at radius 2 is 2.00 bits per heavy atom. The zero-order chi connectivity index (χ0) is 9.23. The van der Waals surface area contributed by atoms with Crippen LogP contribution in [0, 0.1) is 0 Å². The first-order valence-corrected chi connectivity index (χ1v) is 4.79. The fourth-order valence-electron chi connectivity index (χ4n) is 0.963. The van der Waals surface area contributed by atoms with Crippen molar-refractivity contribution in [1.82, 2.24) is 10.9 Å². The zero-order valence-corrected chi connectivity index (χ0v) is 8.48. The van der Waals surface area contributed by atoms with Gasteiger partial charge in [0.2, 0.25) is 0 Å². The fourth-order valence-corrected chi connectivity index (χ4v) is 0.963. The van der Waals surface area contributed by atoms with E-state index in [0.717, 1.165) is 18.8 Å². The molecule has 3 heteroatoms. The molecule has 0 amide bonds. The molecule has 0 aromatic carbocycles. The van der Waals surface area contributed by atoms with Crippen LogP contribution in [0.4, 0.5) is 0 Å². The van der Waals surface area contributed by atoms with Gasteiger partial charge in [-0.1, -0.05) is 26.7 Å². The molecule has 0 aliphatic rings. The Labute approximate surface area is 75.6 Å². The predicted molar refractivity (Wildman–Crippen MR) is 54.3 cm³/mol. The third-order valence-electron chi connectivity index (χ3n) is 1.70. The van der Waals surface area contributed by atoms with Gasteiger partial charge in [-0.15, -0.1) is 0 Å². The first-order chi connectivity index (χ1) is 5.85. The average molecular weight is 171 g/mol. The lowest BCUT2D eigenvalue weighted by Gasteiger charge is -2.08. The maximum absolute atomic E-state index is 4.14. The highest BCUT2D eigenvalue weighted by Gasteiger charge is 1.94. The van der Waals surface area contributed by atoms with Crippen molar-refractivity contribution in [1.29, 1.82) is 0 Å². The number of hydrazine groups is 1. The van der Waals surface area contributed by atoms with Crippen LogP contribution in [-0.4, -0.2) is 19.4 Å². The Balaban J connectivity index is 3.41. The Kier molecular flexibility index (Phi) is 8.12. The van der Waals surface area contributed by atoms with Gasteiger partial charge in [-0.05, 0) is 6.42 Å². The van der Waals surface area contributed by atoms with Crippen molar-refractivity contribution >= 4 is 5.84 Å². The van der Waals surface area contributed by atoms with Crippen LogP contribution in [-0.2, 0) is 0 Å². The minimum atomic E-state index is 0.923. The Morgan fingerprint density at radius 3 is 2.50 bits per heavy atom. The molecular weight excluding hydrogens is 150 g/mol. The van der Waals surface area contributed by atoms with E-state index >= 15 is 0 Å². The van der Waals surface area contributed by atoms with Crippen LogP contribution >= 0.6 is 0 Å². The van der Waals surface area contributed by atoms with Gasteiger partial charge in [0.1, 0.15) is 5.84 Å². The van der Waals surface area contributed by atoms with Gasteiger partial charge in [0.25, 0.3) is 0 Å². The molecule has 0 aliphatic heterocycles. The minimum Gasteiger partial charge on any atom is -0.310 e. The Morgan fingerprint density at radius 1 is 1.25 bits per heavy atom. The molecule has 0 bridgehead atoms. The molecule has 0 fully saturated rings. The lowest BCUT2D eigenvalue weighted by atomic mass is 10.2. The largest absolute Gasteiger partial charge is 0.310 e. The van der Waals surface area contributed by atoms with Crippen LogP contribution in [0.15, 0.2) is 4.99 Å². The summed E-state index contributed by atoms with van der Waals surface area (Å²) in [6.45, 7) is 5.19. The number of amidine groups is 1. The number of hydrogen-bond donors (Lipinski definition) is 2. The lowest BCUT2D eigenvalue weighted by Crippen LogP contribution is -2.37. The van der Waals surface area contributed by atoms with Gasteiger partial charge in [-0.3, -0.25) is 4.99 Å². The van der Waals surface area contributed by atoms with Crippen molar-refractivity contribution in [2.24, 2.45) is 4.99 Å². The molecule has 0 atom stereocenters. The molecule has 0 unspecified atom stereocenters. The number of nitrogens with one attached hydrogen (secondary N) is 2. The number of hydrogen-bond acceptors (Lipinski definition) is 2. The number of aliphatic imine (C=N–C) groups is 1. The van der Waals surface area contributed by atoms with Crippen LogP contribution in [0.1, 0.15) is 39.5 Å². The van der Waals surface area contributed by atoms with Gasteiger partial charge in [0.15, 0.2) is 0 Å². The molecule has 0 spiro atoms. The maximum atomic E-state index is 4.14. The molecule has 0 aliphatic carbocycles. The highest BCUT2D eigenvalue weighted by atomic mass is 15.4. The minimum absolute atomic E-state index is 0.923. The molecule has 0 saturated heterocycles. The van der Waals surface area contributed by atoms with Crippen LogP contribution in [0.2, 0.25) is 0 Å². The third kappa shape index (κ3) is 6.16. The van der Waals surface area contributed by atoms with Crippen molar-refractivity contribution in [3.63, 3.8) is 0 Å². The molecule has 0 aromatic heterocycles. The lowest BCUT2D eigenvalue weighted by molar-refractivity contribution is 0.656. The van der Waals surface area contributed by atoms with Crippen LogP contribution < -0.4 is 10.9 Å². The molecule has 0 radical (unpaired) electrons. The second-order valence-electron chi connectivity index (χ2n) is 2.78. The standard InChI is InChI=1S/C9H21N3/c1-4-6-7-8-9(10-3)12-11-5-2/h11H,4-8H2,1-3H3,(H,10,12). The summed E-state index contributed by atoms with van der Waals surface area (Å²) in [6.07, 6.45) is 4.82. The third-order valence-corrected chi connectivity index (χ3v) is 1.70. The molecule has 2 N–H and O–H groups in total. The number of nitrogens with zero attached hydrogens (tertiary/aromatic N) is 1. The summed E-state index contributed by atoms with van der Waals surface area (Å²) >= 11 is 0. The SMILES string of the molecule is CCCCCC(=NC)NNCC. The van der Waals surface area contributed by atoms with Crippen molar-refractivity contribution in [3.05, 3.63) is 0 Å². The van der Waals surface area contributed by atoms with Gasteiger partial charge in [0, 0.05) is 20.0 Å². The second-order valence-corrected chi connectivity index (χ2v) is 2.78. The zero-order valence-electron chi connectivity index (χ0n) is 8.48. The van der Waals surface area contributed by atoms with E-state index in [0.29, 0.717) is 0 Å². The Hall–Kier alpha value is -0.570. The molecular formula is C9H21N3. The smallest absolute Gasteiger partial charge is 0.110 e. The van der Waals surface area contributed by atoms with Gasteiger partial charge in [0.05, 0.1) is 0 Å². The normalized spacial score (nSPS) is 11.8. The van der Waals surface area contributed by atoms with E-state index in [-0.39, 0.29) is 0 Å². The Bertz CT molecular complexity index is 121. The van der Waals surface area contributed by atoms with E-state index in [1.807, 2.05) is 7.05 Å². The monoisotopic (exact) mass is 171 g/mol. The van der Waals surface area contributed by atoms with E-state index in [4.69, 9.17) is 0 Å². The van der Waals surface area contributed by atoms with E-state index in [1.165, 1.54) is 19.3 Å². The maximum Gasteiger partial charge on any atom is 0.110 e. The van der Waals surface area contributed by atoms with Gasteiger partial charge in [-0.25, -0.2) is 5.43 Å². The molecule has 3 nitrogen and oxygen atoms in total. The first kappa shape index (κ1) is 11.4. The van der Waals surface area contributed by atoms with Gasteiger partial charge >= 0.3 is 0 Å². The van der Waals surface area contributed by atoms with E-state index in [9.17, 15) is 0 Å². The van der Waals surface area contributed by atoms with Gasteiger partial charge < -0.3 is 5.43 Å². The molecule has 0 saturated carbocycles. The molecule has 12 heavy (non-hydrogen) atoms. The van der Waals surface area contributed by atoms with Gasteiger partial charge in [-0.2, -0.15) is 0 Å². The van der Waals surface area contributed by atoms with E-state index < -0.39 is 0 Å². The summed E-state index contributed by atoms with van der Waals surface area (Å²) in [4.78, 5) is 4.14. The molecule has 0 aromatic rings. The van der Waals surface area contributed by atoms with Crippen molar-refractivity contribution in [3.8, 4) is 0 Å². The average Bonchev–Trinajstić information content (AvgIpc) is 2.11. The second kappa shape index (κ2) is 8.53. The van der Waals surface area contributed by atoms with Crippen LogP contribution in [0.5, 0.6) is 0 Å². The molecule has 0 rings (SSSR count). The first-order valence-electron chi connectivity index (χ1n) is 4.79. The fraction of sp³-hybridized carbons (Fsp3) is 0.889. The molecule has 0 heterocycles. The van der Waals surface area contributed by atoms with Crippen molar-refractivity contribution in [2.75, 3.05) is 13.6 Å². The molecule has 72 valence electrons. The highest BCUT2D eigenvalue weighted by molar-refractivity contribution is 5.81. The summed E-state index contributed by atoms with van der Waals surface area (Å²) in [6, 6.07) is 0. The number of rotatable bonds is 6. The highest BCUT2D eigenvalue weighted by Crippen LogP contribution is 1.98. The summed E-state index contributed by atoms with van der Waals surface area (Å²) in [5, 5.41) is 0. The summed E-state index contributed by atoms with van der Waals surface area (Å²) in [5.74, 6) is 1.06. The van der Waals surface area contributed by atoms with E-state index in [2.05, 4.69) is 29.7 Å². The quantitative estimate of drug-likeness (QED) is 0.276. The van der Waals surface area contributed by atoms with Crippen LogP contribution in [0.3, 0.4) is 0 Å². The van der Waals surface area contributed by atoms with Crippen molar-refractivity contribution in [2.45, 2.75) is 39.5 Å². The number of unbranched alkanes of at least 4 members (excludes halogenated alkanes) is 2. The summed E-state index contributed by atoms with van der Waals surface area (Å²) in [5.41, 5.74) is 6.12. The topological polar surface area (TPSA) is 36.4 Å². The van der Waals surface area contributed by atoms with E-state index in [1.54, 1.807) is 0 Å². The van der Waals surface area contributed by atoms with Crippen molar-refractivity contribution < 1.29 is 0 Å². The summed E-state index contributed by atoms with van der Waals surface area (Å²) < 4.78 is 0. The predicted octanol–water partition coefficient (Wildman–Crippen LogP) is 1.71. The van der Waals surface area contributed by atoms with Crippen LogP contribution in [0.25, 0.3) is 0 Å². The summed E-state index contributed by atoms with van der Waals surface area (Å²) in [7, 11) is 1.83.